The molecule has 0 saturated heterocycles. The fourth-order valence-corrected chi connectivity index (χ4v) is 4.61. The highest BCUT2D eigenvalue weighted by Gasteiger charge is 2.20. The lowest BCUT2D eigenvalue weighted by Crippen LogP contribution is -2.31. The molecule has 0 aliphatic heterocycles. The number of benzene rings is 3. The van der Waals surface area contributed by atoms with E-state index in [-0.39, 0.29) is 18.2 Å². The Morgan fingerprint density at radius 1 is 0.968 bits per heavy atom. The Balaban J connectivity index is 1.52. The van der Waals surface area contributed by atoms with Crippen molar-refractivity contribution >= 4 is 38.5 Å². The zero-order valence-corrected chi connectivity index (χ0v) is 18.2. The van der Waals surface area contributed by atoms with Gasteiger partial charge in [0.25, 0.3) is 5.91 Å². The summed E-state index contributed by atoms with van der Waals surface area (Å²) in [5, 5.41) is 6.47. The molecular weight excluding hydrogens is 406 g/mol. The summed E-state index contributed by atoms with van der Waals surface area (Å²) >= 11 is 1.46. The number of aryl methyl sites for hydroxylation is 2. The summed E-state index contributed by atoms with van der Waals surface area (Å²) < 4.78 is 1.05. The lowest BCUT2D eigenvalue weighted by Gasteiger charge is -2.19. The first-order valence-corrected chi connectivity index (χ1v) is 10.9. The summed E-state index contributed by atoms with van der Waals surface area (Å²) in [6.07, 6.45) is 0.108. The van der Waals surface area contributed by atoms with Crippen molar-refractivity contribution in [3.63, 3.8) is 0 Å². The van der Waals surface area contributed by atoms with Crippen molar-refractivity contribution in [2.24, 2.45) is 0 Å². The number of amides is 2. The van der Waals surface area contributed by atoms with Crippen LogP contribution in [0.25, 0.3) is 10.2 Å². The highest BCUT2D eigenvalue weighted by molar-refractivity contribution is 7.22. The third kappa shape index (κ3) is 4.98. The van der Waals surface area contributed by atoms with Gasteiger partial charge in [0.1, 0.15) is 0 Å². The van der Waals surface area contributed by atoms with E-state index in [9.17, 15) is 9.59 Å². The Bertz CT molecular complexity index is 1220. The number of nitrogens with one attached hydrogen (secondary N) is 2. The summed E-state index contributed by atoms with van der Waals surface area (Å²) in [6, 6.07) is 22.2. The number of anilines is 1. The molecule has 4 rings (SSSR count). The topological polar surface area (TPSA) is 71.1 Å². The van der Waals surface area contributed by atoms with Crippen LogP contribution in [-0.4, -0.2) is 16.8 Å². The van der Waals surface area contributed by atoms with Crippen LogP contribution in [0.5, 0.6) is 0 Å². The van der Waals surface area contributed by atoms with Crippen molar-refractivity contribution in [3.05, 3.63) is 95.1 Å². The molecule has 5 nitrogen and oxygen atoms in total. The number of carbonyl (C=O) groups is 2. The molecule has 0 aliphatic carbocycles. The van der Waals surface area contributed by atoms with Gasteiger partial charge in [0.05, 0.1) is 22.7 Å². The van der Waals surface area contributed by atoms with Crippen molar-refractivity contribution in [1.82, 2.24) is 10.3 Å². The number of fused-ring (bicyclic) bond motifs is 1. The normalized spacial score (nSPS) is 11.8. The van der Waals surface area contributed by atoms with Gasteiger partial charge in [0.2, 0.25) is 5.91 Å². The molecule has 2 N–H and O–H groups in total. The molecule has 0 bridgehead atoms. The number of thiazole rings is 1. The van der Waals surface area contributed by atoms with Gasteiger partial charge in [0, 0.05) is 5.56 Å². The molecule has 0 radical (unpaired) electrons. The van der Waals surface area contributed by atoms with Gasteiger partial charge >= 0.3 is 0 Å². The zero-order valence-electron chi connectivity index (χ0n) is 17.4. The van der Waals surface area contributed by atoms with Gasteiger partial charge in [-0.3, -0.25) is 9.59 Å². The van der Waals surface area contributed by atoms with Crippen LogP contribution in [0.4, 0.5) is 5.13 Å². The van der Waals surface area contributed by atoms with Gasteiger partial charge < -0.3 is 10.6 Å². The Hall–Kier alpha value is -3.51. The van der Waals surface area contributed by atoms with E-state index in [0.717, 1.165) is 21.3 Å². The molecule has 0 aliphatic rings. The summed E-state index contributed by atoms with van der Waals surface area (Å²) in [4.78, 5) is 30.1. The molecule has 4 aromatic rings. The van der Waals surface area contributed by atoms with Crippen LogP contribution in [0.15, 0.2) is 72.8 Å². The molecule has 0 spiro atoms. The smallest absolute Gasteiger partial charge is 0.251 e. The number of carbonyl (C=O) groups excluding carboxylic acids is 2. The van der Waals surface area contributed by atoms with E-state index < -0.39 is 6.04 Å². The fourth-order valence-electron chi connectivity index (χ4n) is 3.55. The molecule has 6 heteroatoms. The van der Waals surface area contributed by atoms with Crippen LogP contribution in [0, 0.1) is 13.8 Å². The number of aromatic nitrogens is 1. The minimum Gasteiger partial charge on any atom is -0.345 e. The first-order chi connectivity index (χ1) is 15.0. The zero-order chi connectivity index (χ0) is 21.8. The second-order valence-electron chi connectivity index (χ2n) is 7.50. The molecule has 0 fully saturated rings. The minimum atomic E-state index is -0.452. The molecular formula is C25H23N3O2S. The third-order valence-electron chi connectivity index (χ3n) is 5.01. The molecule has 1 unspecified atom stereocenters. The Morgan fingerprint density at radius 2 is 1.65 bits per heavy atom. The van der Waals surface area contributed by atoms with E-state index in [1.54, 1.807) is 12.1 Å². The Kier molecular flexibility index (Phi) is 6.09. The molecule has 2 amide bonds. The van der Waals surface area contributed by atoms with E-state index >= 15 is 0 Å². The largest absolute Gasteiger partial charge is 0.345 e. The van der Waals surface area contributed by atoms with Gasteiger partial charge in [-0.2, -0.15) is 0 Å². The van der Waals surface area contributed by atoms with Gasteiger partial charge in [0.15, 0.2) is 5.13 Å². The molecule has 31 heavy (non-hydrogen) atoms. The second-order valence-corrected chi connectivity index (χ2v) is 8.53. The summed E-state index contributed by atoms with van der Waals surface area (Å²) in [7, 11) is 0. The summed E-state index contributed by atoms with van der Waals surface area (Å²) in [6.45, 7) is 4.06. The van der Waals surface area contributed by atoms with Crippen molar-refractivity contribution in [2.45, 2.75) is 26.3 Å². The maximum absolute atomic E-state index is 12.8. The van der Waals surface area contributed by atoms with Gasteiger partial charge in [-0.1, -0.05) is 65.9 Å². The quantitative estimate of drug-likeness (QED) is 0.430. The summed E-state index contributed by atoms with van der Waals surface area (Å²) in [5.74, 6) is -0.413. The lowest BCUT2D eigenvalue weighted by atomic mass is 10.0. The maximum Gasteiger partial charge on any atom is 0.251 e. The van der Waals surface area contributed by atoms with Crippen LogP contribution in [-0.2, 0) is 4.79 Å². The minimum absolute atomic E-state index is 0.108. The predicted octanol–water partition coefficient (Wildman–Crippen LogP) is 5.41. The molecule has 156 valence electrons. The van der Waals surface area contributed by atoms with Gasteiger partial charge in [-0.25, -0.2) is 4.98 Å². The number of hydrogen-bond acceptors (Lipinski definition) is 4. The Morgan fingerprint density at radius 3 is 2.35 bits per heavy atom. The molecule has 1 heterocycles. The standard InChI is InChI=1S/C25H23N3O2S/c1-16-13-17(2)23-21(14-16)31-25(28-23)27-22(29)15-20(18-9-5-3-6-10-18)26-24(30)19-11-7-4-8-12-19/h3-14,20H,15H2,1-2H3,(H,26,30)(H,27,28,29). The maximum atomic E-state index is 12.8. The fraction of sp³-hybridized carbons (Fsp3) is 0.160. The first-order valence-electron chi connectivity index (χ1n) is 10.1. The van der Waals surface area contributed by atoms with E-state index in [4.69, 9.17) is 0 Å². The van der Waals surface area contributed by atoms with Crippen molar-refractivity contribution in [2.75, 3.05) is 5.32 Å². The summed E-state index contributed by atoms with van der Waals surface area (Å²) in [5.41, 5.74) is 4.59. The predicted molar refractivity (Wildman–Crippen MR) is 125 cm³/mol. The van der Waals surface area contributed by atoms with E-state index in [1.807, 2.05) is 62.4 Å². The highest BCUT2D eigenvalue weighted by Crippen LogP contribution is 2.29. The van der Waals surface area contributed by atoms with Crippen LogP contribution in [0.3, 0.4) is 0 Å². The van der Waals surface area contributed by atoms with Crippen molar-refractivity contribution in [1.29, 1.82) is 0 Å². The number of rotatable bonds is 6. The van der Waals surface area contributed by atoms with Gasteiger partial charge in [-0.15, -0.1) is 0 Å². The van der Waals surface area contributed by atoms with Crippen LogP contribution in [0.1, 0.15) is 39.5 Å². The lowest BCUT2D eigenvalue weighted by molar-refractivity contribution is -0.116. The van der Waals surface area contributed by atoms with Crippen LogP contribution < -0.4 is 10.6 Å². The van der Waals surface area contributed by atoms with Crippen molar-refractivity contribution < 1.29 is 9.59 Å². The van der Waals surface area contributed by atoms with Crippen LogP contribution in [0.2, 0.25) is 0 Å². The molecule has 3 aromatic carbocycles. The van der Waals surface area contributed by atoms with E-state index in [1.165, 1.54) is 16.9 Å². The average molecular weight is 430 g/mol. The average Bonchev–Trinajstić information content (AvgIpc) is 3.17. The number of hydrogen-bond donors (Lipinski definition) is 2. The second kappa shape index (κ2) is 9.10. The molecule has 1 atom stereocenters. The highest BCUT2D eigenvalue weighted by atomic mass is 32.1. The van der Waals surface area contributed by atoms with Crippen molar-refractivity contribution in [3.8, 4) is 0 Å². The first kappa shape index (κ1) is 20.8. The number of nitrogens with zero attached hydrogens (tertiary/aromatic N) is 1. The molecule has 1 aromatic heterocycles. The van der Waals surface area contributed by atoms with Crippen LogP contribution >= 0.6 is 11.3 Å². The van der Waals surface area contributed by atoms with Gasteiger partial charge in [-0.05, 0) is 48.7 Å². The van der Waals surface area contributed by atoms with E-state index in [0.29, 0.717) is 10.7 Å². The monoisotopic (exact) mass is 429 g/mol. The Labute approximate surface area is 185 Å². The third-order valence-corrected chi connectivity index (χ3v) is 5.93. The SMILES string of the molecule is Cc1cc(C)c2nc(NC(=O)CC(NC(=O)c3ccccc3)c3ccccc3)sc2c1. The van der Waals surface area contributed by atoms with E-state index in [2.05, 4.69) is 27.8 Å². The molecule has 0 saturated carbocycles.